The molecule has 4 rings (SSSR count). The van der Waals surface area contributed by atoms with Gasteiger partial charge in [0, 0.05) is 23.8 Å². The number of hydrogen-bond donors (Lipinski definition) is 5. The molecule has 0 bridgehead atoms. The maximum Gasteiger partial charge on any atom is 0.227 e. The average molecular weight is 461 g/mol. The van der Waals surface area contributed by atoms with Gasteiger partial charge in [0.1, 0.15) is 5.82 Å². The second-order valence-electron chi connectivity index (χ2n) is 8.44. The summed E-state index contributed by atoms with van der Waals surface area (Å²) in [5.41, 5.74) is 12.9. The van der Waals surface area contributed by atoms with Crippen LogP contribution in [0.5, 0.6) is 0 Å². The summed E-state index contributed by atoms with van der Waals surface area (Å²) in [6, 6.07) is 4.71. The third kappa shape index (κ3) is 5.07. The molecule has 1 heterocycles. The lowest BCUT2D eigenvalue weighted by Crippen LogP contribution is -2.44. The second-order valence-corrected chi connectivity index (χ2v) is 9.14. The van der Waals surface area contributed by atoms with Crippen LogP contribution in [0.25, 0.3) is 0 Å². The highest BCUT2D eigenvalue weighted by Gasteiger charge is 2.45. The van der Waals surface area contributed by atoms with E-state index in [1.807, 2.05) is 0 Å². The molecule has 0 aliphatic heterocycles. The van der Waals surface area contributed by atoms with Gasteiger partial charge < -0.3 is 26.5 Å². The molecular formula is C21H29FN8OS. The predicted molar refractivity (Wildman–Crippen MR) is 122 cm³/mol. The largest absolute Gasteiger partial charge is 0.478 e. The Morgan fingerprint density at radius 2 is 2.03 bits per heavy atom. The zero-order valence-corrected chi connectivity index (χ0v) is 18.5. The SMILES string of the molecule is NCC1(N(N)/C=C(\N)OCC2CC(c3cnc(Nc4ccc(SN)cc4F)nc3)C2)CC1. The summed E-state index contributed by atoms with van der Waals surface area (Å²) in [7, 11) is 0. The molecule has 2 aliphatic carbocycles. The lowest BCUT2D eigenvalue weighted by Gasteiger charge is -2.35. The number of halogens is 1. The number of rotatable bonds is 10. The van der Waals surface area contributed by atoms with Crippen molar-refractivity contribution in [3.05, 3.63) is 54.1 Å². The van der Waals surface area contributed by atoms with Crippen LogP contribution in [0.1, 0.15) is 37.2 Å². The Bertz CT molecular complexity index is 963. The summed E-state index contributed by atoms with van der Waals surface area (Å²) >= 11 is 0.994. The highest BCUT2D eigenvalue weighted by Crippen LogP contribution is 2.42. The lowest BCUT2D eigenvalue weighted by molar-refractivity contribution is 0.0996. The molecule has 1 aromatic heterocycles. The smallest absolute Gasteiger partial charge is 0.227 e. The van der Waals surface area contributed by atoms with Gasteiger partial charge in [0.05, 0.1) is 24.0 Å². The number of nitrogens with zero attached hydrogens (tertiary/aromatic N) is 3. The number of hydrogen-bond acceptors (Lipinski definition) is 10. The van der Waals surface area contributed by atoms with Gasteiger partial charge in [-0.3, -0.25) is 5.14 Å². The van der Waals surface area contributed by atoms with Crippen molar-refractivity contribution in [3.8, 4) is 0 Å². The van der Waals surface area contributed by atoms with Crippen molar-refractivity contribution >= 4 is 23.6 Å². The van der Waals surface area contributed by atoms with Crippen molar-refractivity contribution in [2.45, 2.75) is 42.0 Å². The van der Waals surface area contributed by atoms with Crippen molar-refractivity contribution in [2.24, 2.45) is 28.4 Å². The molecule has 0 spiro atoms. The molecule has 11 heteroatoms. The zero-order chi connectivity index (χ0) is 22.7. The second kappa shape index (κ2) is 9.49. The molecule has 9 nitrogen and oxygen atoms in total. The first-order valence-electron chi connectivity index (χ1n) is 10.5. The van der Waals surface area contributed by atoms with Crippen LogP contribution in [-0.2, 0) is 4.74 Å². The molecule has 0 atom stereocenters. The van der Waals surface area contributed by atoms with Gasteiger partial charge in [0.25, 0.3) is 0 Å². The molecule has 2 aromatic rings. The summed E-state index contributed by atoms with van der Waals surface area (Å²) < 4.78 is 19.8. The lowest BCUT2D eigenvalue weighted by atomic mass is 9.72. The standard InChI is InChI=1S/C21H29FN8OS/c22-17-7-16(32-26)1-2-18(17)29-20-27-8-15(9-28-20)14-5-13(6-14)11-31-19(24)10-30(25)21(12-23)3-4-21/h1-2,7-10,13-14H,3-6,11-12,23-26H2,(H,27,28,29)/b19-10+. The summed E-state index contributed by atoms with van der Waals surface area (Å²) in [6.45, 7) is 1.04. The Morgan fingerprint density at radius 3 is 2.62 bits per heavy atom. The number of nitrogens with two attached hydrogens (primary N) is 4. The number of benzene rings is 1. The van der Waals surface area contributed by atoms with E-state index < -0.39 is 5.82 Å². The maximum absolute atomic E-state index is 14.1. The van der Waals surface area contributed by atoms with Crippen molar-refractivity contribution in [1.82, 2.24) is 15.0 Å². The van der Waals surface area contributed by atoms with E-state index in [0.29, 0.717) is 47.4 Å². The zero-order valence-electron chi connectivity index (χ0n) is 17.7. The van der Waals surface area contributed by atoms with Crippen LogP contribution >= 0.6 is 11.9 Å². The van der Waals surface area contributed by atoms with Gasteiger partial charge in [0.15, 0.2) is 0 Å². The minimum absolute atomic E-state index is 0.157. The molecule has 172 valence electrons. The Morgan fingerprint density at radius 1 is 1.31 bits per heavy atom. The Labute approximate surface area is 190 Å². The van der Waals surface area contributed by atoms with E-state index in [-0.39, 0.29) is 5.54 Å². The van der Waals surface area contributed by atoms with Crippen LogP contribution in [-0.4, -0.2) is 33.7 Å². The third-order valence-electron chi connectivity index (χ3n) is 6.21. The highest BCUT2D eigenvalue weighted by molar-refractivity contribution is 7.97. The quantitative estimate of drug-likeness (QED) is 0.154. The first kappa shape index (κ1) is 22.6. The van der Waals surface area contributed by atoms with Crippen LogP contribution in [0.15, 0.2) is 47.6 Å². The third-order valence-corrected chi connectivity index (χ3v) is 6.73. The topological polar surface area (TPSA) is 154 Å². The molecule has 0 unspecified atom stereocenters. The summed E-state index contributed by atoms with van der Waals surface area (Å²) in [4.78, 5) is 9.29. The molecule has 1 aromatic carbocycles. The number of hydrazine groups is 1. The van der Waals surface area contributed by atoms with Crippen LogP contribution in [0.2, 0.25) is 0 Å². The Balaban J connectivity index is 1.23. The van der Waals surface area contributed by atoms with Crippen LogP contribution in [0, 0.1) is 11.7 Å². The van der Waals surface area contributed by atoms with Crippen molar-refractivity contribution < 1.29 is 9.13 Å². The molecule has 0 amide bonds. The van der Waals surface area contributed by atoms with Crippen molar-refractivity contribution in [2.75, 3.05) is 18.5 Å². The van der Waals surface area contributed by atoms with Gasteiger partial charge in [0.2, 0.25) is 11.8 Å². The molecule has 2 fully saturated rings. The molecule has 0 saturated heterocycles. The average Bonchev–Trinajstić information content (AvgIpc) is 3.56. The van der Waals surface area contributed by atoms with Crippen molar-refractivity contribution in [1.29, 1.82) is 0 Å². The number of anilines is 2. The fourth-order valence-electron chi connectivity index (χ4n) is 3.79. The van der Waals surface area contributed by atoms with E-state index >= 15 is 0 Å². The van der Waals surface area contributed by atoms with Gasteiger partial charge in [-0.15, -0.1) is 0 Å². The van der Waals surface area contributed by atoms with E-state index in [2.05, 4.69) is 15.3 Å². The van der Waals surface area contributed by atoms with Gasteiger partial charge in [-0.2, -0.15) is 0 Å². The Hall–Kier alpha value is -2.60. The van der Waals surface area contributed by atoms with E-state index in [4.69, 9.17) is 27.2 Å². The van der Waals surface area contributed by atoms with E-state index in [9.17, 15) is 4.39 Å². The van der Waals surface area contributed by atoms with E-state index in [1.165, 1.54) is 6.07 Å². The molecule has 0 radical (unpaired) electrons. The van der Waals surface area contributed by atoms with Gasteiger partial charge in [-0.1, -0.05) is 0 Å². The number of nitrogens with one attached hydrogen (secondary N) is 1. The summed E-state index contributed by atoms with van der Waals surface area (Å²) in [5, 5.41) is 9.92. The van der Waals surface area contributed by atoms with Crippen LogP contribution < -0.4 is 27.8 Å². The van der Waals surface area contributed by atoms with Gasteiger partial charge in [-0.25, -0.2) is 20.2 Å². The van der Waals surface area contributed by atoms with Crippen LogP contribution in [0.3, 0.4) is 0 Å². The fourth-order valence-corrected chi connectivity index (χ4v) is 4.10. The monoisotopic (exact) mass is 460 g/mol. The van der Waals surface area contributed by atoms with Crippen LogP contribution in [0.4, 0.5) is 16.0 Å². The minimum Gasteiger partial charge on any atom is -0.478 e. The highest BCUT2D eigenvalue weighted by atomic mass is 32.2. The molecule has 2 aliphatic rings. The van der Waals surface area contributed by atoms with E-state index in [1.54, 1.807) is 35.7 Å². The molecule has 9 N–H and O–H groups in total. The first-order chi connectivity index (χ1) is 15.4. The molecule has 32 heavy (non-hydrogen) atoms. The van der Waals surface area contributed by atoms with E-state index in [0.717, 1.165) is 43.2 Å². The minimum atomic E-state index is -0.406. The fraction of sp³-hybridized carbons (Fsp3) is 0.429. The summed E-state index contributed by atoms with van der Waals surface area (Å²) in [6.07, 6.45) is 9.06. The number of aromatic nitrogens is 2. The predicted octanol–water partition coefficient (Wildman–Crippen LogP) is 2.26. The van der Waals surface area contributed by atoms with Gasteiger partial charge >= 0.3 is 0 Å². The number of ether oxygens (including phenoxy) is 1. The molecule has 2 saturated carbocycles. The van der Waals surface area contributed by atoms with Crippen molar-refractivity contribution in [3.63, 3.8) is 0 Å². The maximum atomic E-state index is 14.1. The molecular weight excluding hydrogens is 431 g/mol. The first-order valence-corrected chi connectivity index (χ1v) is 11.4. The van der Waals surface area contributed by atoms with Gasteiger partial charge in [-0.05, 0) is 73.2 Å². The normalized spacial score (nSPS) is 21.6. The summed E-state index contributed by atoms with van der Waals surface area (Å²) in [5.74, 6) is 7.06. The Kier molecular flexibility index (Phi) is 6.70.